The van der Waals surface area contributed by atoms with Gasteiger partial charge in [-0.3, -0.25) is 4.79 Å². The average Bonchev–Trinajstić information content (AvgIpc) is 2.92. The molecule has 0 saturated heterocycles. The topological polar surface area (TPSA) is 17.1 Å². The summed E-state index contributed by atoms with van der Waals surface area (Å²) < 4.78 is 13.9. The van der Waals surface area contributed by atoms with Crippen molar-refractivity contribution in [1.29, 1.82) is 0 Å². The molecule has 1 aliphatic rings. The number of ketones is 1. The normalized spacial score (nSPS) is 17.8. The van der Waals surface area contributed by atoms with Crippen LogP contribution in [0.15, 0.2) is 29.6 Å². The van der Waals surface area contributed by atoms with E-state index < -0.39 is 5.82 Å². The van der Waals surface area contributed by atoms with Crippen LogP contribution in [0.2, 0.25) is 5.02 Å². The smallest absolute Gasteiger partial charge is 0.145 e. The van der Waals surface area contributed by atoms with Gasteiger partial charge in [-0.15, -0.1) is 11.3 Å². The van der Waals surface area contributed by atoms with Gasteiger partial charge in [-0.2, -0.15) is 0 Å². The van der Waals surface area contributed by atoms with E-state index in [0.717, 1.165) is 24.8 Å². The summed E-state index contributed by atoms with van der Waals surface area (Å²) in [6.45, 7) is 0. The SMILES string of the molecule is O=C(Cc1cccc(Cl)c1F)C1CCCc2sccc21. The standard InChI is InChI=1S/C16H14ClFOS/c17-13-5-1-3-10(16(13)18)9-14(19)11-4-2-6-15-12(11)7-8-20-15/h1,3,5,7-8,11H,2,4,6,9H2. The lowest BCUT2D eigenvalue weighted by atomic mass is 9.83. The van der Waals surface area contributed by atoms with Crippen LogP contribution in [0.5, 0.6) is 0 Å². The molecule has 0 saturated carbocycles. The first-order chi connectivity index (χ1) is 9.66. The van der Waals surface area contributed by atoms with Crippen LogP contribution in [-0.4, -0.2) is 5.78 Å². The van der Waals surface area contributed by atoms with Gasteiger partial charge >= 0.3 is 0 Å². The summed E-state index contributed by atoms with van der Waals surface area (Å²) in [7, 11) is 0. The number of carbonyl (C=O) groups is 1. The Morgan fingerprint density at radius 2 is 2.25 bits per heavy atom. The fraction of sp³-hybridized carbons (Fsp3) is 0.312. The molecule has 0 spiro atoms. The third-order valence-electron chi connectivity index (χ3n) is 3.84. The van der Waals surface area contributed by atoms with Crippen molar-refractivity contribution in [3.8, 4) is 0 Å². The second kappa shape index (κ2) is 5.66. The first-order valence-electron chi connectivity index (χ1n) is 6.68. The van der Waals surface area contributed by atoms with Crippen molar-refractivity contribution in [3.05, 3.63) is 56.5 Å². The van der Waals surface area contributed by atoms with Gasteiger partial charge in [0.2, 0.25) is 0 Å². The Balaban J connectivity index is 1.83. The molecule has 104 valence electrons. The molecule has 3 rings (SSSR count). The maximum Gasteiger partial charge on any atom is 0.145 e. The van der Waals surface area contributed by atoms with Crippen molar-refractivity contribution in [2.75, 3.05) is 0 Å². The van der Waals surface area contributed by atoms with E-state index in [0.29, 0.717) is 5.56 Å². The van der Waals surface area contributed by atoms with Crippen molar-refractivity contribution in [2.24, 2.45) is 0 Å². The number of carbonyl (C=O) groups excluding carboxylic acids is 1. The molecule has 1 aliphatic carbocycles. The Morgan fingerprint density at radius 1 is 1.40 bits per heavy atom. The van der Waals surface area contributed by atoms with Crippen LogP contribution in [0.4, 0.5) is 4.39 Å². The first-order valence-corrected chi connectivity index (χ1v) is 7.94. The third-order valence-corrected chi connectivity index (χ3v) is 5.13. The molecule has 1 nitrogen and oxygen atoms in total. The van der Waals surface area contributed by atoms with Gasteiger partial charge in [-0.25, -0.2) is 4.39 Å². The van der Waals surface area contributed by atoms with E-state index in [1.807, 2.05) is 11.4 Å². The molecule has 4 heteroatoms. The quantitative estimate of drug-likeness (QED) is 0.798. The first kappa shape index (κ1) is 13.8. The highest BCUT2D eigenvalue weighted by atomic mass is 35.5. The highest BCUT2D eigenvalue weighted by Gasteiger charge is 2.27. The molecule has 2 aromatic rings. The fourth-order valence-corrected chi connectivity index (χ4v) is 4.00. The molecule has 0 aliphatic heterocycles. The van der Waals surface area contributed by atoms with Gasteiger partial charge in [0.05, 0.1) is 5.02 Å². The van der Waals surface area contributed by atoms with E-state index >= 15 is 0 Å². The van der Waals surface area contributed by atoms with Crippen LogP contribution in [-0.2, 0) is 17.6 Å². The van der Waals surface area contributed by atoms with Crippen LogP contribution >= 0.6 is 22.9 Å². The summed E-state index contributed by atoms with van der Waals surface area (Å²) in [4.78, 5) is 13.8. The van der Waals surface area contributed by atoms with E-state index in [1.54, 1.807) is 23.5 Å². The summed E-state index contributed by atoms with van der Waals surface area (Å²) in [5, 5.41) is 2.12. The Morgan fingerprint density at radius 3 is 3.10 bits per heavy atom. The Hall–Kier alpha value is -1.19. The number of aryl methyl sites for hydroxylation is 1. The Bertz CT molecular complexity index is 650. The zero-order valence-electron chi connectivity index (χ0n) is 10.9. The number of hydrogen-bond donors (Lipinski definition) is 0. The molecule has 0 amide bonds. The highest BCUT2D eigenvalue weighted by molar-refractivity contribution is 7.10. The van der Waals surface area contributed by atoms with E-state index in [-0.39, 0.29) is 23.1 Å². The van der Waals surface area contributed by atoms with Gasteiger partial charge in [0, 0.05) is 17.2 Å². The van der Waals surface area contributed by atoms with Crippen molar-refractivity contribution < 1.29 is 9.18 Å². The summed E-state index contributed by atoms with van der Waals surface area (Å²) in [6, 6.07) is 6.86. The molecule has 0 radical (unpaired) electrons. The number of rotatable bonds is 3. The minimum absolute atomic E-state index is 0.0789. The second-order valence-electron chi connectivity index (χ2n) is 5.10. The number of fused-ring (bicyclic) bond motifs is 1. The molecule has 1 heterocycles. The summed E-state index contributed by atoms with van der Waals surface area (Å²) in [6.07, 6.45) is 3.07. The van der Waals surface area contributed by atoms with Gasteiger partial charge in [0.25, 0.3) is 0 Å². The molecule has 1 unspecified atom stereocenters. The van der Waals surface area contributed by atoms with E-state index in [9.17, 15) is 9.18 Å². The summed E-state index contributed by atoms with van der Waals surface area (Å²) in [5.41, 5.74) is 1.54. The zero-order valence-corrected chi connectivity index (χ0v) is 12.4. The molecule has 0 fully saturated rings. The second-order valence-corrected chi connectivity index (χ2v) is 6.51. The highest BCUT2D eigenvalue weighted by Crippen LogP contribution is 2.36. The van der Waals surface area contributed by atoms with E-state index in [4.69, 9.17) is 11.6 Å². The molecule has 0 N–H and O–H groups in total. The molecule has 20 heavy (non-hydrogen) atoms. The van der Waals surface area contributed by atoms with Gasteiger partial charge in [-0.1, -0.05) is 23.7 Å². The van der Waals surface area contributed by atoms with Gasteiger partial charge in [-0.05, 0) is 47.9 Å². The number of benzene rings is 1. The van der Waals surface area contributed by atoms with Crippen LogP contribution in [0, 0.1) is 5.82 Å². The fourth-order valence-electron chi connectivity index (χ4n) is 2.82. The van der Waals surface area contributed by atoms with Gasteiger partial charge < -0.3 is 0 Å². The lowest BCUT2D eigenvalue weighted by molar-refractivity contribution is -0.120. The maximum atomic E-state index is 13.9. The van der Waals surface area contributed by atoms with Crippen LogP contribution in [0.25, 0.3) is 0 Å². The molecule has 1 aromatic carbocycles. The van der Waals surface area contributed by atoms with Crippen molar-refractivity contribution in [2.45, 2.75) is 31.6 Å². The molecule has 1 atom stereocenters. The number of halogens is 2. The Labute approximate surface area is 126 Å². The van der Waals surface area contributed by atoms with Crippen LogP contribution < -0.4 is 0 Å². The average molecular weight is 309 g/mol. The predicted molar refractivity (Wildman–Crippen MR) is 80.1 cm³/mol. The molecular formula is C16H14ClFOS. The van der Waals surface area contributed by atoms with Crippen molar-refractivity contribution in [3.63, 3.8) is 0 Å². The lowest BCUT2D eigenvalue weighted by Gasteiger charge is -2.21. The summed E-state index contributed by atoms with van der Waals surface area (Å²) in [5.74, 6) is -0.460. The van der Waals surface area contributed by atoms with Crippen molar-refractivity contribution in [1.82, 2.24) is 0 Å². The van der Waals surface area contributed by atoms with Crippen molar-refractivity contribution >= 4 is 28.7 Å². The van der Waals surface area contributed by atoms with E-state index in [1.165, 1.54) is 10.9 Å². The number of thiophene rings is 1. The minimum Gasteiger partial charge on any atom is -0.299 e. The lowest BCUT2D eigenvalue weighted by Crippen LogP contribution is -2.19. The van der Waals surface area contributed by atoms with Gasteiger partial charge in [0.1, 0.15) is 11.6 Å². The molecule has 0 bridgehead atoms. The molecule has 1 aromatic heterocycles. The maximum absolute atomic E-state index is 13.9. The number of Topliss-reactive ketones (excluding diaryl/α,β-unsaturated/α-hetero) is 1. The zero-order chi connectivity index (χ0) is 14.1. The monoisotopic (exact) mass is 308 g/mol. The minimum atomic E-state index is -0.469. The Kier molecular flexibility index (Phi) is 3.90. The van der Waals surface area contributed by atoms with Crippen LogP contribution in [0.3, 0.4) is 0 Å². The number of hydrogen-bond acceptors (Lipinski definition) is 2. The predicted octanol–water partition coefficient (Wildman–Crippen LogP) is 4.77. The largest absolute Gasteiger partial charge is 0.299 e. The van der Waals surface area contributed by atoms with Crippen LogP contribution in [0.1, 0.15) is 34.8 Å². The van der Waals surface area contributed by atoms with Gasteiger partial charge in [0.15, 0.2) is 0 Å². The third kappa shape index (κ3) is 2.52. The van der Waals surface area contributed by atoms with E-state index in [2.05, 4.69) is 0 Å². The molecular weight excluding hydrogens is 295 g/mol. The summed E-state index contributed by atoms with van der Waals surface area (Å²) >= 11 is 7.47.